The molecule has 1 heterocycles. The number of carbonyl (C=O) groups excluding carboxylic acids is 1. The van der Waals surface area contributed by atoms with Crippen molar-refractivity contribution in [2.75, 3.05) is 13.1 Å². The van der Waals surface area contributed by atoms with Gasteiger partial charge in [0.1, 0.15) is 0 Å². The first-order chi connectivity index (χ1) is 12.1. The zero-order valence-corrected chi connectivity index (χ0v) is 15.8. The number of amides is 2. The highest BCUT2D eigenvalue weighted by atomic mass is 35.5. The third-order valence-electron chi connectivity index (χ3n) is 5.98. The standard InChI is InChI=1S/C19H25ClN2O4/c1-18(2)11-22(16(23)14-7-8-15(14)21-17(24)25)10-9-19(18,26)12-3-5-13(20)6-4-12/h3-6,14-15,21,26H,7-11H2,1-2H3,(H,24,25)/t14-,15+,19-/m0/s1. The number of piperidine rings is 1. The van der Waals surface area contributed by atoms with E-state index in [4.69, 9.17) is 16.7 Å². The SMILES string of the molecule is CC1(C)CN(C(=O)[C@H]2CC[C@H]2NC(=O)O)CC[C@]1(O)c1ccc(Cl)cc1. The van der Waals surface area contributed by atoms with E-state index in [0.29, 0.717) is 37.4 Å². The lowest BCUT2D eigenvalue weighted by Crippen LogP contribution is -2.60. The minimum atomic E-state index is -1.09. The van der Waals surface area contributed by atoms with Gasteiger partial charge in [0, 0.05) is 29.6 Å². The molecule has 3 rings (SSSR count). The minimum absolute atomic E-state index is 0.0266. The third kappa shape index (κ3) is 3.28. The summed E-state index contributed by atoms with van der Waals surface area (Å²) < 4.78 is 0. The molecule has 0 spiro atoms. The van der Waals surface area contributed by atoms with Gasteiger partial charge >= 0.3 is 6.09 Å². The van der Waals surface area contributed by atoms with Crippen LogP contribution in [0.3, 0.4) is 0 Å². The van der Waals surface area contributed by atoms with E-state index >= 15 is 0 Å². The quantitative estimate of drug-likeness (QED) is 0.752. The van der Waals surface area contributed by atoms with Crippen LogP contribution < -0.4 is 5.32 Å². The zero-order valence-electron chi connectivity index (χ0n) is 15.0. The molecule has 1 aliphatic heterocycles. The number of carboxylic acid groups (broad SMARTS) is 1. The summed E-state index contributed by atoms with van der Waals surface area (Å²) in [7, 11) is 0. The van der Waals surface area contributed by atoms with Crippen molar-refractivity contribution >= 4 is 23.6 Å². The van der Waals surface area contributed by atoms with Gasteiger partial charge in [0.2, 0.25) is 5.91 Å². The number of nitrogens with zero attached hydrogens (tertiary/aromatic N) is 1. The fraction of sp³-hybridized carbons (Fsp3) is 0.579. The number of halogens is 1. The first-order valence-corrected chi connectivity index (χ1v) is 9.28. The summed E-state index contributed by atoms with van der Waals surface area (Å²) in [5, 5.41) is 23.3. The van der Waals surface area contributed by atoms with E-state index in [0.717, 1.165) is 5.56 Å². The molecule has 2 aliphatic rings. The molecule has 3 N–H and O–H groups in total. The number of aliphatic hydroxyl groups is 1. The van der Waals surface area contributed by atoms with Crippen LogP contribution in [0, 0.1) is 11.3 Å². The van der Waals surface area contributed by atoms with Crippen molar-refractivity contribution in [3.05, 3.63) is 34.9 Å². The molecule has 1 saturated heterocycles. The maximum Gasteiger partial charge on any atom is 0.404 e. The van der Waals surface area contributed by atoms with Gasteiger partial charge in [0.05, 0.1) is 11.5 Å². The lowest BCUT2D eigenvalue weighted by molar-refractivity contribution is -0.159. The van der Waals surface area contributed by atoms with Gasteiger partial charge < -0.3 is 20.4 Å². The number of rotatable bonds is 3. The fourth-order valence-corrected chi connectivity index (χ4v) is 4.26. The van der Waals surface area contributed by atoms with Crippen LogP contribution in [0.2, 0.25) is 5.02 Å². The van der Waals surface area contributed by atoms with Crippen LogP contribution in [0.1, 0.15) is 38.7 Å². The number of carbonyl (C=O) groups is 2. The smallest absolute Gasteiger partial charge is 0.404 e. The Morgan fingerprint density at radius 3 is 2.38 bits per heavy atom. The molecule has 2 amide bonds. The van der Waals surface area contributed by atoms with Crippen molar-refractivity contribution in [2.24, 2.45) is 11.3 Å². The van der Waals surface area contributed by atoms with E-state index in [1.165, 1.54) is 0 Å². The largest absolute Gasteiger partial charge is 0.465 e. The van der Waals surface area contributed by atoms with Gasteiger partial charge in [-0.05, 0) is 37.0 Å². The molecule has 6 nitrogen and oxygen atoms in total. The molecule has 1 aromatic carbocycles. The summed E-state index contributed by atoms with van der Waals surface area (Å²) >= 11 is 5.96. The highest BCUT2D eigenvalue weighted by Gasteiger charge is 2.51. The monoisotopic (exact) mass is 380 g/mol. The number of benzene rings is 1. The van der Waals surface area contributed by atoms with Gasteiger partial charge in [-0.15, -0.1) is 0 Å². The molecule has 7 heteroatoms. The van der Waals surface area contributed by atoms with Crippen LogP contribution in [-0.2, 0) is 10.4 Å². The van der Waals surface area contributed by atoms with Gasteiger partial charge in [-0.1, -0.05) is 37.6 Å². The van der Waals surface area contributed by atoms with E-state index in [-0.39, 0.29) is 17.9 Å². The second kappa shape index (κ2) is 6.74. The normalized spacial score (nSPS) is 30.4. The summed E-state index contributed by atoms with van der Waals surface area (Å²) in [6, 6.07) is 6.89. The van der Waals surface area contributed by atoms with E-state index in [1.54, 1.807) is 17.0 Å². The Bertz CT molecular complexity index is 706. The number of likely N-dealkylation sites (tertiary alicyclic amines) is 1. The Morgan fingerprint density at radius 1 is 1.23 bits per heavy atom. The molecule has 0 aromatic heterocycles. The van der Waals surface area contributed by atoms with Gasteiger partial charge in [-0.3, -0.25) is 4.79 Å². The molecule has 0 unspecified atom stereocenters. The second-order valence-corrected chi connectivity index (χ2v) is 8.44. The second-order valence-electron chi connectivity index (χ2n) is 8.00. The lowest BCUT2D eigenvalue weighted by Gasteiger charge is -2.52. The van der Waals surface area contributed by atoms with E-state index in [2.05, 4.69) is 5.32 Å². The molecular weight excluding hydrogens is 356 g/mol. The van der Waals surface area contributed by atoms with Crippen LogP contribution in [0.4, 0.5) is 4.79 Å². The van der Waals surface area contributed by atoms with Gasteiger partial charge in [0.15, 0.2) is 0 Å². The van der Waals surface area contributed by atoms with Crippen LogP contribution in [0.5, 0.6) is 0 Å². The number of hydrogen-bond donors (Lipinski definition) is 3. The average Bonchev–Trinajstić information content (AvgIpc) is 2.54. The highest BCUT2D eigenvalue weighted by Crippen LogP contribution is 2.46. The summed E-state index contributed by atoms with van der Waals surface area (Å²) in [5.74, 6) is -0.329. The third-order valence-corrected chi connectivity index (χ3v) is 6.24. The average molecular weight is 381 g/mol. The molecule has 1 aliphatic carbocycles. The van der Waals surface area contributed by atoms with Crippen molar-refractivity contribution < 1.29 is 19.8 Å². The van der Waals surface area contributed by atoms with Gasteiger partial charge in [0.25, 0.3) is 0 Å². The zero-order chi connectivity index (χ0) is 19.1. The van der Waals surface area contributed by atoms with Crippen molar-refractivity contribution in [1.29, 1.82) is 0 Å². The number of nitrogens with one attached hydrogen (secondary N) is 1. The predicted molar refractivity (Wildman–Crippen MR) is 98.0 cm³/mol. The summed E-state index contributed by atoms with van der Waals surface area (Å²) in [5.41, 5.74) is -0.797. The topological polar surface area (TPSA) is 89.9 Å². The molecule has 142 valence electrons. The summed E-state index contributed by atoms with van der Waals surface area (Å²) in [6.07, 6.45) is 0.720. The Balaban J connectivity index is 1.73. The van der Waals surface area contributed by atoms with Gasteiger partial charge in [-0.25, -0.2) is 4.79 Å². The molecule has 1 aromatic rings. The molecule has 26 heavy (non-hydrogen) atoms. The first kappa shape index (κ1) is 19.0. The van der Waals surface area contributed by atoms with E-state index in [9.17, 15) is 14.7 Å². The fourth-order valence-electron chi connectivity index (χ4n) is 4.13. The van der Waals surface area contributed by atoms with Gasteiger partial charge in [-0.2, -0.15) is 0 Å². The van der Waals surface area contributed by atoms with Crippen LogP contribution in [0.15, 0.2) is 24.3 Å². The Labute approximate surface area is 158 Å². The summed E-state index contributed by atoms with van der Waals surface area (Å²) in [4.78, 5) is 25.5. The molecule has 0 radical (unpaired) electrons. The molecular formula is C19H25ClN2O4. The summed E-state index contributed by atoms with van der Waals surface area (Å²) in [6.45, 7) is 4.77. The predicted octanol–water partition coefficient (Wildman–Crippen LogP) is 2.83. The lowest BCUT2D eigenvalue weighted by atomic mass is 9.66. The van der Waals surface area contributed by atoms with Crippen molar-refractivity contribution in [3.63, 3.8) is 0 Å². The highest BCUT2D eigenvalue weighted by molar-refractivity contribution is 6.30. The Kier molecular flexibility index (Phi) is 4.92. The van der Waals surface area contributed by atoms with Crippen LogP contribution in [-0.4, -0.2) is 46.2 Å². The molecule has 1 saturated carbocycles. The molecule has 2 fully saturated rings. The Morgan fingerprint density at radius 2 is 1.88 bits per heavy atom. The first-order valence-electron chi connectivity index (χ1n) is 8.91. The number of hydrogen-bond acceptors (Lipinski definition) is 3. The van der Waals surface area contributed by atoms with Crippen molar-refractivity contribution in [1.82, 2.24) is 10.2 Å². The van der Waals surface area contributed by atoms with Crippen molar-refractivity contribution in [3.8, 4) is 0 Å². The molecule has 0 bridgehead atoms. The van der Waals surface area contributed by atoms with Crippen molar-refractivity contribution in [2.45, 2.75) is 44.8 Å². The van der Waals surface area contributed by atoms with E-state index in [1.807, 2.05) is 26.0 Å². The van der Waals surface area contributed by atoms with E-state index < -0.39 is 17.1 Å². The van der Waals surface area contributed by atoms with Crippen LogP contribution in [0.25, 0.3) is 0 Å². The maximum absolute atomic E-state index is 12.8. The Hall–Kier alpha value is -1.79. The van der Waals surface area contributed by atoms with Crippen LogP contribution >= 0.6 is 11.6 Å². The minimum Gasteiger partial charge on any atom is -0.465 e. The maximum atomic E-state index is 12.8. The molecule has 3 atom stereocenters.